The third-order valence-corrected chi connectivity index (χ3v) is 2.03. The lowest BCUT2D eigenvalue weighted by atomic mass is 10.1. The first kappa shape index (κ1) is 13.2. The summed E-state index contributed by atoms with van der Waals surface area (Å²) >= 11 is 0. The topological polar surface area (TPSA) is 46.2 Å². The molecular weight excluding hydrogens is 235 g/mol. The standard InChI is InChI=1S/C11H10F3NO2/c1-7(16)15-6-10(17)8-2-4-9(5-3-8)11(12,13)14/h2-5H,6H2,1H3,(H,15,16). The second-order valence-electron chi connectivity index (χ2n) is 3.41. The van der Waals surface area contributed by atoms with Crippen molar-refractivity contribution in [2.75, 3.05) is 6.54 Å². The van der Waals surface area contributed by atoms with Gasteiger partial charge in [0, 0.05) is 12.5 Å². The Morgan fingerprint density at radius 2 is 1.71 bits per heavy atom. The molecule has 17 heavy (non-hydrogen) atoms. The van der Waals surface area contributed by atoms with Crippen LogP contribution in [-0.2, 0) is 11.0 Å². The van der Waals surface area contributed by atoms with Gasteiger partial charge in [-0.05, 0) is 12.1 Å². The first-order chi connectivity index (χ1) is 7.80. The molecule has 0 radical (unpaired) electrons. The van der Waals surface area contributed by atoms with Crippen molar-refractivity contribution in [1.29, 1.82) is 0 Å². The molecule has 92 valence electrons. The molecule has 1 rings (SSSR count). The largest absolute Gasteiger partial charge is 0.416 e. The Balaban J connectivity index is 2.74. The van der Waals surface area contributed by atoms with Crippen molar-refractivity contribution < 1.29 is 22.8 Å². The number of Topliss-reactive ketones (excluding diaryl/α,β-unsaturated/α-hetero) is 1. The zero-order valence-corrected chi connectivity index (χ0v) is 8.97. The van der Waals surface area contributed by atoms with Crippen LogP contribution in [0.5, 0.6) is 0 Å². The van der Waals surface area contributed by atoms with Crippen molar-refractivity contribution in [2.45, 2.75) is 13.1 Å². The number of carbonyl (C=O) groups is 2. The summed E-state index contributed by atoms with van der Waals surface area (Å²) < 4.78 is 36.7. The average molecular weight is 245 g/mol. The van der Waals surface area contributed by atoms with Gasteiger partial charge in [0.05, 0.1) is 12.1 Å². The Morgan fingerprint density at radius 1 is 1.18 bits per heavy atom. The molecule has 0 saturated heterocycles. The highest BCUT2D eigenvalue weighted by Gasteiger charge is 2.30. The van der Waals surface area contributed by atoms with Crippen LogP contribution in [0.25, 0.3) is 0 Å². The maximum absolute atomic E-state index is 12.2. The summed E-state index contributed by atoms with van der Waals surface area (Å²) in [4.78, 5) is 22.0. The van der Waals surface area contributed by atoms with Gasteiger partial charge in [-0.15, -0.1) is 0 Å². The van der Waals surface area contributed by atoms with Crippen molar-refractivity contribution in [1.82, 2.24) is 5.32 Å². The maximum Gasteiger partial charge on any atom is 0.416 e. The molecule has 0 aromatic heterocycles. The molecule has 0 unspecified atom stereocenters. The Hall–Kier alpha value is -1.85. The summed E-state index contributed by atoms with van der Waals surface area (Å²) in [7, 11) is 0. The van der Waals surface area contributed by atoms with Gasteiger partial charge in [-0.3, -0.25) is 9.59 Å². The quantitative estimate of drug-likeness (QED) is 0.828. The fraction of sp³-hybridized carbons (Fsp3) is 0.273. The monoisotopic (exact) mass is 245 g/mol. The van der Waals surface area contributed by atoms with Crippen LogP contribution in [0.4, 0.5) is 13.2 Å². The molecule has 0 heterocycles. The number of benzene rings is 1. The molecule has 1 aromatic carbocycles. The van der Waals surface area contributed by atoms with Crippen LogP contribution in [-0.4, -0.2) is 18.2 Å². The number of amides is 1. The van der Waals surface area contributed by atoms with E-state index in [2.05, 4.69) is 5.32 Å². The minimum atomic E-state index is -4.42. The van der Waals surface area contributed by atoms with E-state index in [1.807, 2.05) is 0 Å². The minimum Gasteiger partial charge on any atom is -0.349 e. The molecule has 0 spiro atoms. The van der Waals surface area contributed by atoms with Crippen LogP contribution in [0.2, 0.25) is 0 Å². The van der Waals surface area contributed by atoms with Gasteiger partial charge in [0.1, 0.15) is 0 Å². The maximum atomic E-state index is 12.2. The summed E-state index contributed by atoms with van der Waals surface area (Å²) in [5.74, 6) is -0.806. The highest BCUT2D eigenvalue weighted by atomic mass is 19.4. The van der Waals surface area contributed by atoms with Crippen molar-refractivity contribution in [3.8, 4) is 0 Å². The zero-order valence-electron chi connectivity index (χ0n) is 8.97. The molecule has 0 bridgehead atoms. The summed E-state index contributed by atoms with van der Waals surface area (Å²) in [6.07, 6.45) is -4.42. The van der Waals surface area contributed by atoms with Crippen molar-refractivity contribution in [3.63, 3.8) is 0 Å². The van der Waals surface area contributed by atoms with Crippen molar-refractivity contribution >= 4 is 11.7 Å². The van der Waals surface area contributed by atoms with E-state index in [0.29, 0.717) is 0 Å². The number of carbonyl (C=O) groups excluding carboxylic acids is 2. The van der Waals surface area contributed by atoms with Crippen LogP contribution in [0.3, 0.4) is 0 Å². The first-order valence-corrected chi connectivity index (χ1v) is 4.75. The third-order valence-electron chi connectivity index (χ3n) is 2.03. The van der Waals surface area contributed by atoms with Gasteiger partial charge in [0.25, 0.3) is 0 Å². The molecule has 0 saturated carbocycles. The fourth-order valence-corrected chi connectivity index (χ4v) is 1.15. The van der Waals surface area contributed by atoms with Gasteiger partial charge in [0.15, 0.2) is 5.78 Å². The molecule has 1 N–H and O–H groups in total. The lowest BCUT2D eigenvalue weighted by molar-refractivity contribution is -0.137. The van der Waals surface area contributed by atoms with Crippen molar-refractivity contribution in [3.05, 3.63) is 35.4 Å². The minimum absolute atomic E-state index is 0.131. The van der Waals surface area contributed by atoms with Crippen molar-refractivity contribution in [2.24, 2.45) is 0 Å². The molecule has 0 atom stereocenters. The summed E-state index contributed by atoms with van der Waals surface area (Å²) in [5, 5.41) is 2.28. The Labute approximate surface area is 95.6 Å². The molecule has 0 aliphatic heterocycles. The van der Waals surface area contributed by atoms with Crippen LogP contribution < -0.4 is 5.32 Å². The Bertz CT molecular complexity index is 423. The summed E-state index contributed by atoms with van der Waals surface area (Å²) in [6, 6.07) is 3.85. The summed E-state index contributed by atoms with van der Waals surface area (Å²) in [5.41, 5.74) is -0.680. The molecule has 3 nitrogen and oxygen atoms in total. The van der Waals surface area contributed by atoms with Crippen LogP contribution >= 0.6 is 0 Å². The second kappa shape index (κ2) is 4.99. The zero-order chi connectivity index (χ0) is 13.1. The highest BCUT2D eigenvalue weighted by Crippen LogP contribution is 2.29. The lowest BCUT2D eigenvalue weighted by Crippen LogP contribution is -2.27. The van der Waals surface area contributed by atoms with E-state index in [4.69, 9.17) is 0 Å². The van der Waals surface area contributed by atoms with Crippen LogP contribution in [0.1, 0.15) is 22.8 Å². The number of hydrogen-bond donors (Lipinski definition) is 1. The van der Waals surface area contributed by atoms with E-state index in [-0.39, 0.29) is 18.0 Å². The van der Waals surface area contributed by atoms with E-state index in [0.717, 1.165) is 24.3 Å². The predicted molar refractivity (Wildman–Crippen MR) is 54.5 cm³/mol. The Kier molecular flexibility index (Phi) is 3.88. The molecule has 0 aliphatic rings. The van der Waals surface area contributed by atoms with E-state index in [9.17, 15) is 22.8 Å². The van der Waals surface area contributed by atoms with Gasteiger partial charge in [-0.2, -0.15) is 13.2 Å². The third kappa shape index (κ3) is 3.90. The number of nitrogens with one attached hydrogen (secondary N) is 1. The number of rotatable bonds is 3. The Morgan fingerprint density at radius 3 is 2.12 bits per heavy atom. The number of hydrogen-bond acceptors (Lipinski definition) is 2. The molecular formula is C11H10F3NO2. The summed E-state index contributed by atoms with van der Waals surface area (Å²) in [6.45, 7) is 1.03. The van der Waals surface area contributed by atoms with Gasteiger partial charge >= 0.3 is 6.18 Å². The van der Waals surface area contributed by atoms with Crippen LogP contribution in [0.15, 0.2) is 24.3 Å². The molecule has 1 aromatic rings. The van der Waals surface area contributed by atoms with E-state index in [1.165, 1.54) is 6.92 Å². The normalized spacial score (nSPS) is 11.1. The van der Waals surface area contributed by atoms with E-state index in [1.54, 1.807) is 0 Å². The molecule has 1 amide bonds. The molecule has 6 heteroatoms. The van der Waals surface area contributed by atoms with E-state index < -0.39 is 17.5 Å². The molecule has 0 aliphatic carbocycles. The smallest absolute Gasteiger partial charge is 0.349 e. The average Bonchev–Trinajstić information content (AvgIpc) is 2.25. The van der Waals surface area contributed by atoms with E-state index >= 15 is 0 Å². The fourth-order valence-electron chi connectivity index (χ4n) is 1.15. The number of halogens is 3. The first-order valence-electron chi connectivity index (χ1n) is 4.75. The SMILES string of the molecule is CC(=O)NCC(=O)c1ccc(C(F)(F)F)cc1. The number of alkyl halides is 3. The van der Waals surface area contributed by atoms with Crippen LogP contribution in [0, 0.1) is 0 Å². The predicted octanol–water partition coefficient (Wildman–Crippen LogP) is 2.02. The van der Waals surface area contributed by atoms with Gasteiger partial charge in [-0.1, -0.05) is 12.1 Å². The van der Waals surface area contributed by atoms with Gasteiger partial charge in [0.2, 0.25) is 5.91 Å². The highest BCUT2D eigenvalue weighted by molar-refractivity contribution is 5.99. The van der Waals surface area contributed by atoms with Gasteiger partial charge in [-0.25, -0.2) is 0 Å². The second-order valence-corrected chi connectivity index (χ2v) is 3.41. The lowest BCUT2D eigenvalue weighted by Gasteiger charge is -2.07. The number of ketones is 1. The van der Waals surface area contributed by atoms with Gasteiger partial charge < -0.3 is 5.32 Å². The molecule has 0 fully saturated rings.